The summed E-state index contributed by atoms with van der Waals surface area (Å²) in [6, 6.07) is 17.0. The zero-order valence-corrected chi connectivity index (χ0v) is 14.0. The Morgan fingerprint density at radius 2 is 1.65 bits per heavy atom. The first-order valence-electron chi connectivity index (χ1n) is 7.83. The molecule has 0 unspecified atom stereocenters. The van der Waals surface area contributed by atoms with Crippen LogP contribution in [0.2, 0.25) is 0 Å². The van der Waals surface area contributed by atoms with Crippen molar-refractivity contribution in [2.75, 3.05) is 31.1 Å². The fourth-order valence-electron chi connectivity index (χ4n) is 3.04. The lowest BCUT2D eigenvalue weighted by molar-refractivity contribution is 0.584. The van der Waals surface area contributed by atoms with Crippen LogP contribution in [0, 0.1) is 6.92 Å². The van der Waals surface area contributed by atoms with Crippen molar-refractivity contribution in [1.29, 1.82) is 0 Å². The zero-order chi connectivity index (χ0) is 14.9. The molecule has 4 rings (SSSR count). The number of piperazine rings is 1. The topological polar surface area (TPSA) is 33.1 Å². The summed E-state index contributed by atoms with van der Waals surface area (Å²) < 4.78 is 2.06. The average molecular weight is 329 g/mol. The Labute approximate surface area is 142 Å². The minimum Gasteiger partial charge on any atom is -0.352 e. The van der Waals surface area contributed by atoms with Crippen molar-refractivity contribution in [3.8, 4) is 5.69 Å². The van der Waals surface area contributed by atoms with E-state index in [1.165, 1.54) is 16.5 Å². The first-order valence-corrected chi connectivity index (χ1v) is 7.83. The first-order chi connectivity index (χ1) is 10.8. The van der Waals surface area contributed by atoms with Gasteiger partial charge < -0.3 is 10.2 Å². The molecule has 1 N–H and O–H groups in total. The van der Waals surface area contributed by atoms with Gasteiger partial charge in [0.2, 0.25) is 0 Å². The number of nitrogens with zero attached hydrogens (tertiary/aromatic N) is 3. The van der Waals surface area contributed by atoms with Crippen LogP contribution in [-0.2, 0) is 0 Å². The normalized spacial score (nSPS) is 14.7. The number of para-hydroxylation sites is 1. The van der Waals surface area contributed by atoms with Crippen LogP contribution in [0.1, 0.15) is 5.56 Å². The molecule has 2 heterocycles. The monoisotopic (exact) mass is 328 g/mol. The molecule has 1 aromatic heterocycles. The van der Waals surface area contributed by atoms with E-state index in [4.69, 9.17) is 5.10 Å². The number of rotatable bonds is 2. The van der Waals surface area contributed by atoms with E-state index in [-0.39, 0.29) is 12.4 Å². The van der Waals surface area contributed by atoms with E-state index in [0.29, 0.717) is 0 Å². The van der Waals surface area contributed by atoms with Gasteiger partial charge in [0.15, 0.2) is 5.82 Å². The van der Waals surface area contributed by atoms with Crippen molar-refractivity contribution >= 4 is 29.1 Å². The van der Waals surface area contributed by atoms with Gasteiger partial charge in [-0.2, -0.15) is 0 Å². The van der Waals surface area contributed by atoms with Crippen molar-refractivity contribution in [2.24, 2.45) is 0 Å². The Hall–Kier alpha value is -2.04. The molecule has 3 aromatic rings. The van der Waals surface area contributed by atoms with Crippen molar-refractivity contribution in [3.63, 3.8) is 0 Å². The van der Waals surface area contributed by atoms with Crippen LogP contribution < -0.4 is 10.2 Å². The van der Waals surface area contributed by atoms with Crippen molar-refractivity contribution < 1.29 is 0 Å². The minimum absolute atomic E-state index is 0. The van der Waals surface area contributed by atoms with Gasteiger partial charge in [-0.25, -0.2) is 4.68 Å². The zero-order valence-electron chi connectivity index (χ0n) is 13.2. The smallest absolute Gasteiger partial charge is 0.159 e. The molecule has 0 atom stereocenters. The van der Waals surface area contributed by atoms with Crippen LogP contribution in [0.25, 0.3) is 16.6 Å². The van der Waals surface area contributed by atoms with Gasteiger partial charge >= 0.3 is 0 Å². The second kappa shape index (κ2) is 6.60. The molecule has 120 valence electrons. The van der Waals surface area contributed by atoms with Gasteiger partial charge in [0.1, 0.15) is 0 Å². The summed E-state index contributed by atoms with van der Waals surface area (Å²) in [4.78, 5) is 2.38. The number of hydrogen-bond donors (Lipinski definition) is 1. The fourth-order valence-corrected chi connectivity index (χ4v) is 3.04. The van der Waals surface area contributed by atoms with Gasteiger partial charge in [-0.15, -0.1) is 17.5 Å². The van der Waals surface area contributed by atoms with E-state index in [2.05, 4.69) is 70.4 Å². The number of aryl methyl sites for hydroxylation is 1. The first kappa shape index (κ1) is 15.8. The van der Waals surface area contributed by atoms with Crippen LogP contribution in [-0.4, -0.2) is 36.0 Å². The van der Waals surface area contributed by atoms with Crippen molar-refractivity contribution in [3.05, 3.63) is 54.1 Å². The standard InChI is InChI=1S/C18H20N4.ClH/c1-14-6-8-15(9-7-14)22-17-5-3-2-4-16(17)18(20-22)21-12-10-19-11-13-21;/h2-9,19H,10-13H2,1H3;1H. The Kier molecular flexibility index (Phi) is 4.55. The van der Waals surface area contributed by atoms with E-state index < -0.39 is 0 Å². The van der Waals surface area contributed by atoms with Gasteiger partial charge in [0.25, 0.3) is 0 Å². The molecule has 2 aromatic carbocycles. The predicted molar refractivity (Wildman–Crippen MR) is 98.1 cm³/mol. The van der Waals surface area contributed by atoms with Crippen LogP contribution in [0.4, 0.5) is 5.82 Å². The van der Waals surface area contributed by atoms with E-state index in [0.717, 1.165) is 37.7 Å². The summed E-state index contributed by atoms with van der Waals surface area (Å²) in [6.45, 7) is 6.17. The quantitative estimate of drug-likeness (QED) is 0.784. The second-order valence-electron chi connectivity index (χ2n) is 5.83. The van der Waals surface area contributed by atoms with Crippen molar-refractivity contribution in [1.82, 2.24) is 15.1 Å². The summed E-state index contributed by atoms with van der Waals surface area (Å²) in [5.74, 6) is 1.10. The van der Waals surface area contributed by atoms with Crippen LogP contribution in [0.3, 0.4) is 0 Å². The summed E-state index contributed by atoms with van der Waals surface area (Å²) in [7, 11) is 0. The highest BCUT2D eigenvalue weighted by molar-refractivity contribution is 5.91. The average Bonchev–Trinajstić information content (AvgIpc) is 2.96. The number of halogens is 1. The van der Waals surface area contributed by atoms with Gasteiger partial charge in [-0.1, -0.05) is 29.8 Å². The van der Waals surface area contributed by atoms with E-state index >= 15 is 0 Å². The molecule has 1 aliphatic rings. The molecule has 4 nitrogen and oxygen atoms in total. The Morgan fingerprint density at radius 1 is 0.957 bits per heavy atom. The maximum absolute atomic E-state index is 4.93. The molecule has 0 aliphatic carbocycles. The third-order valence-corrected chi connectivity index (χ3v) is 4.26. The number of anilines is 1. The van der Waals surface area contributed by atoms with Gasteiger partial charge in [-0.3, -0.25) is 0 Å². The molecule has 0 amide bonds. The van der Waals surface area contributed by atoms with E-state index in [1.54, 1.807) is 0 Å². The summed E-state index contributed by atoms with van der Waals surface area (Å²) in [6.07, 6.45) is 0. The highest BCUT2D eigenvalue weighted by atomic mass is 35.5. The lowest BCUT2D eigenvalue weighted by Crippen LogP contribution is -2.43. The van der Waals surface area contributed by atoms with E-state index in [9.17, 15) is 0 Å². The number of benzene rings is 2. The Balaban J connectivity index is 0.00000156. The Bertz CT molecular complexity index is 788. The molecule has 0 spiro atoms. The molecule has 5 heteroatoms. The van der Waals surface area contributed by atoms with Crippen molar-refractivity contribution in [2.45, 2.75) is 6.92 Å². The minimum atomic E-state index is 0. The highest BCUT2D eigenvalue weighted by Gasteiger charge is 2.18. The van der Waals surface area contributed by atoms with Crippen LogP contribution >= 0.6 is 12.4 Å². The maximum atomic E-state index is 4.93. The second-order valence-corrected chi connectivity index (χ2v) is 5.83. The molecule has 1 fully saturated rings. The van der Waals surface area contributed by atoms with Crippen LogP contribution in [0.15, 0.2) is 48.5 Å². The molecule has 0 bridgehead atoms. The largest absolute Gasteiger partial charge is 0.352 e. The molecule has 0 saturated carbocycles. The lowest BCUT2D eigenvalue weighted by Gasteiger charge is -2.27. The number of fused-ring (bicyclic) bond motifs is 1. The number of nitrogens with one attached hydrogen (secondary N) is 1. The van der Waals surface area contributed by atoms with Crippen LogP contribution in [0.5, 0.6) is 0 Å². The third-order valence-electron chi connectivity index (χ3n) is 4.26. The molecule has 1 aliphatic heterocycles. The molecule has 1 saturated heterocycles. The number of hydrogen-bond acceptors (Lipinski definition) is 3. The predicted octanol–water partition coefficient (Wildman–Crippen LogP) is 3.17. The number of aromatic nitrogens is 2. The Morgan fingerprint density at radius 3 is 2.39 bits per heavy atom. The summed E-state index contributed by atoms with van der Waals surface area (Å²) in [5.41, 5.74) is 3.55. The maximum Gasteiger partial charge on any atom is 0.159 e. The van der Waals surface area contributed by atoms with Gasteiger partial charge in [-0.05, 0) is 31.2 Å². The van der Waals surface area contributed by atoms with Gasteiger partial charge in [0, 0.05) is 31.6 Å². The molecular formula is C18H21ClN4. The summed E-state index contributed by atoms with van der Waals surface area (Å²) in [5, 5.41) is 9.56. The fraction of sp³-hybridized carbons (Fsp3) is 0.278. The molecule has 0 radical (unpaired) electrons. The lowest BCUT2D eigenvalue weighted by atomic mass is 10.2. The molecular weight excluding hydrogens is 308 g/mol. The highest BCUT2D eigenvalue weighted by Crippen LogP contribution is 2.28. The molecule has 23 heavy (non-hydrogen) atoms. The third kappa shape index (κ3) is 2.92. The van der Waals surface area contributed by atoms with E-state index in [1.807, 2.05) is 0 Å². The van der Waals surface area contributed by atoms with Gasteiger partial charge in [0.05, 0.1) is 11.2 Å². The SMILES string of the molecule is Cc1ccc(-n2nc(N3CCNCC3)c3ccccc32)cc1.Cl. The summed E-state index contributed by atoms with van der Waals surface area (Å²) >= 11 is 0.